The van der Waals surface area contributed by atoms with Crippen molar-refractivity contribution < 1.29 is 52.3 Å². The van der Waals surface area contributed by atoms with E-state index in [1.807, 2.05) is 131 Å². The van der Waals surface area contributed by atoms with Gasteiger partial charge in [0.1, 0.15) is 22.6 Å². The minimum atomic E-state index is -3.94. The Morgan fingerprint density at radius 1 is 0.338 bits per heavy atom. The fraction of sp³-hybridized carbons (Fsp3) is 0.0370. The topological polar surface area (TPSA) is 198 Å². The van der Waals surface area contributed by atoms with Crippen LogP contribution in [0.4, 0.5) is 0 Å². The molecule has 20 aromatic rings. The zero-order valence-corrected chi connectivity index (χ0v) is 80.5. The fourth-order valence-corrected chi connectivity index (χ4v) is 24.0. The van der Waals surface area contributed by atoms with Crippen LogP contribution in [0.25, 0.3) is 33.2 Å². The van der Waals surface area contributed by atoms with Gasteiger partial charge in [0.05, 0.1) is 42.6 Å². The number of hydrogen-bond acceptors (Lipinski definition) is 12. The number of ether oxygens (including phenoxy) is 2. The second-order valence-corrected chi connectivity index (χ2v) is 41.4. The van der Waals surface area contributed by atoms with Crippen LogP contribution in [0.2, 0.25) is 0 Å². The first-order chi connectivity index (χ1) is 65.1. The first kappa shape index (κ1) is 94.8. The van der Waals surface area contributed by atoms with E-state index >= 15 is 0 Å². The van der Waals surface area contributed by atoms with Crippen LogP contribution in [0.5, 0.6) is 11.5 Å². The zero-order chi connectivity index (χ0) is 92.4. The van der Waals surface area contributed by atoms with Crippen LogP contribution in [0.3, 0.4) is 0 Å². The van der Waals surface area contributed by atoms with Crippen LogP contribution in [-0.4, -0.2) is 85.7 Å². The third kappa shape index (κ3) is 21.6. The van der Waals surface area contributed by atoms with E-state index in [4.69, 9.17) is 33.6 Å². The molecule has 0 radical (unpaired) electrons. The zero-order valence-electron chi connectivity index (χ0n) is 71.8. The molecule has 0 unspecified atom stereocenters. The summed E-state index contributed by atoms with van der Waals surface area (Å²) in [5.41, 5.74) is 7.09. The summed E-state index contributed by atoms with van der Waals surface area (Å²) in [6, 6.07) is 146. The molecule has 16 nitrogen and oxygen atoms in total. The Labute approximate surface area is 807 Å². The number of nitrogens with zero attached hydrogens (tertiary/aromatic N) is 8. The van der Waals surface area contributed by atoms with Gasteiger partial charge in [-0.15, -0.1) is 0 Å². The van der Waals surface area contributed by atoms with E-state index in [2.05, 4.69) is 292 Å². The van der Waals surface area contributed by atoms with Crippen molar-refractivity contribution in [1.29, 1.82) is 0 Å². The average molecular weight is 2070 g/mol. The molecular formula is C108H88BCl2IN8O8P2PdS2. The summed E-state index contributed by atoms with van der Waals surface area (Å²) in [5.74, 6) is 1.11. The second-order valence-electron chi connectivity index (χ2n) is 29.9. The van der Waals surface area contributed by atoms with E-state index in [1.165, 1.54) is 58.4 Å². The minimum Gasteiger partial charge on any atom is -0.0622 e. The predicted molar refractivity (Wildman–Crippen MR) is 548 cm³/mol. The molecule has 133 heavy (non-hydrogen) atoms. The number of fused-ring (bicyclic) bond motifs is 2. The van der Waals surface area contributed by atoms with E-state index in [9.17, 15) is 26.9 Å². The van der Waals surface area contributed by atoms with Crippen molar-refractivity contribution in [1.82, 2.24) is 37.5 Å². The Balaban J connectivity index is 0.000000132. The summed E-state index contributed by atoms with van der Waals surface area (Å²) in [6.45, 7) is 0. The summed E-state index contributed by atoms with van der Waals surface area (Å²) < 4.78 is 70.7. The Kier molecular flexibility index (Phi) is 32.5. The van der Waals surface area contributed by atoms with Gasteiger partial charge in [-0.2, -0.15) is 10.2 Å². The van der Waals surface area contributed by atoms with Crippen LogP contribution in [0, 0.1) is 3.57 Å². The predicted octanol–water partition coefficient (Wildman–Crippen LogP) is 20.5. The summed E-state index contributed by atoms with van der Waals surface area (Å²) in [4.78, 5) is 9.14. The molecule has 0 amide bonds. The molecule has 0 bridgehead atoms. The minimum absolute atomic E-state index is 0.106. The third-order valence-electron chi connectivity index (χ3n) is 21.9. The first-order valence-corrected chi connectivity index (χ1v) is 52.7. The molecule has 0 fully saturated rings. The number of methoxy groups -OCH3 is 2. The number of pyridine rings is 2. The maximum Gasteiger partial charge on any atom is -0.0134 e. The molecule has 20 rings (SSSR count). The van der Waals surface area contributed by atoms with Crippen molar-refractivity contribution in [3.8, 4) is 22.6 Å². The van der Waals surface area contributed by atoms with Crippen molar-refractivity contribution in [2.45, 2.75) is 20.9 Å². The van der Waals surface area contributed by atoms with Crippen molar-refractivity contribution in [2.24, 2.45) is 0 Å². The molecular weight excluding hydrogens is 1980 g/mol. The number of aromatic nitrogens is 8. The van der Waals surface area contributed by atoms with Crippen molar-refractivity contribution >= 4 is 144 Å². The first-order valence-electron chi connectivity index (χ1n) is 42.0. The van der Waals surface area contributed by atoms with Gasteiger partial charge in [-0.25, -0.2) is 34.7 Å². The molecule has 0 aliphatic carbocycles. The van der Waals surface area contributed by atoms with E-state index < -0.39 is 54.1 Å². The molecule has 0 saturated carbocycles. The standard InChI is InChI=1S/C36H28N4O3S.C22H19BN2O2.2C18H15P.C14H11IN2O3S.2ClH.Pd/c1-43-31-22-33-34(26-39(35(33)37-24-31)44(41,42)32-20-12-5-13-21-32)27-23-38-40(25-27)36(28-14-6-2-7-15-28,29-16-8-3-9-17-29)30-18-10-4-11-19-30;26-23(27)21-16-24-25(17-21)22(18-10-4-1-5-11-18,19-12-6-2-7-13-19)20-14-8-3-9-15-20;2*1-4-10-16(11-5-1)19(17-12-6-2-7-13-17)18-14-8-3-9-15-18;1-20-10-7-12-13(15)9-17(14(12)16-8-10)21(18,19)11-5-3-2-4-6-11;;;/h2-26H,1H3;1-17,26-27H;2*1-15H;2-9H,1H3;2*1H;/q;;;;;;;+2/p-2. The van der Waals surface area contributed by atoms with Crippen molar-refractivity contribution in [3.05, 3.63) is 523 Å². The van der Waals surface area contributed by atoms with Crippen LogP contribution < -0.4 is 46.8 Å². The average Bonchev–Trinajstić information content (AvgIpc) is 1.63. The summed E-state index contributed by atoms with van der Waals surface area (Å²) >= 11 is 1.98. The Morgan fingerprint density at radius 2 is 0.586 bits per heavy atom. The van der Waals surface area contributed by atoms with E-state index in [1.54, 1.807) is 106 Å². The van der Waals surface area contributed by atoms with Crippen LogP contribution in [-0.2, 0) is 47.1 Å². The number of rotatable bonds is 22. The van der Waals surface area contributed by atoms with Gasteiger partial charge >= 0.3 is 42.1 Å². The van der Waals surface area contributed by atoms with Gasteiger partial charge in [0, 0.05) is 61.9 Å². The number of hydrogen-bond donors (Lipinski definition) is 2. The quantitative estimate of drug-likeness (QED) is 0.0282. The van der Waals surface area contributed by atoms with Gasteiger partial charge in [0.15, 0.2) is 11.3 Å². The second kappa shape index (κ2) is 45.6. The normalized spacial score (nSPS) is 11.3. The molecule has 0 atom stereocenters. The van der Waals surface area contributed by atoms with E-state index in [0.29, 0.717) is 39.2 Å². The molecule has 6 heterocycles. The summed E-state index contributed by atoms with van der Waals surface area (Å²) in [6.07, 6.45) is 13.2. The van der Waals surface area contributed by atoms with Crippen LogP contribution in [0.15, 0.2) is 496 Å². The Bertz CT molecular complexity index is 6800. The largest absolute Gasteiger partial charge is 0.0622 e. The Morgan fingerprint density at radius 3 is 0.865 bits per heavy atom. The monoisotopic (exact) mass is 2060 g/mol. The maximum absolute atomic E-state index is 13.8. The summed E-state index contributed by atoms with van der Waals surface area (Å²) in [7, 11) is 2.68. The number of benzene rings is 14. The van der Waals surface area contributed by atoms with Crippen LogP contribution >= 0.6 is 57.5 Å². The van der Waals surface area contributed by atoms with Gasteiger partial charge in [-0.05, 0) is 140 Å². The van der Waals surface area contributed by atoms with Gasteiger partial charge in [0.25, 0.3) is 20.0 Å². The smallest absolute Gasteiger partial charge is 0.0134 e. The van der Waals surface area contributed by atoms with Crippen molar-refractivity contribution in [2.75, 3.05) is 14.2 Å². The molecule has 0 spiro atoms. The molecule has 664 valence electrons. The van der Waals surface area contributed by atoms with Gasteiger partial charge in [-0.3, -0.25) is 9.36 Å². The van der Waals surface area contributed by atoms with Gasteiger partial charge in [0.2, 0.25) is 0 Å². The molecule has 0 aliphatic rings. The maximum atomic E-state index is 13.8. The molecule has 25 heteroatoms. The molecule has 2 N–H and O–H groups in total. The number of halogens is 3. The van der Waals surface area contributed by atoms with Crippen molar-refractivity contribution in [3.63, 3.8) is 0 Å². The van der Waals surface area contributed by atoms with E-state index in [0.717, 1.165) is 47.9 Å². The fourth-order valence-electron chi connectivity index (χ4n) is 15.8. The molecule has 6 aromatic heterocycles. The summed E-state index contributed by atoms with van der Waals surface area (Å²) in [5, 5.41) is 38.5. The molecule has 14 aromatic carbocycles. The van der Waals surface area contributed by atoms with E-state index in [-0.39, 0.29) is 25.7 Å². The van der Waals surface area contributed by atoms with Gasteiger partial charge < -0.3 is 19.5 Å². The SMILES string of the molecule is COc1cnc2c(c1)c(-c1cnn(C(c3ccccc3)(c3ccccc3)c3ccccc3)c1)cn2S(=O)(=O)c1ccccc1.COc1cnc2c(c1)c(I)cn2S(=O)(=O)c1ccccc1.OB(O)c1cnn(C(c2ccccc2)(c2ccccc2)c2ccccc2)c1.[Cl][Pd][Cl].c1ccc(P(c2ccccc2)c2ccccc2)cc1.c1ccc(P(c2ccccc2)c2ccccc2)cc1. The molecule has 0 aliphatic heterocycles. The molecule has 0 saturated heterocycles. The van der Waals surface area contributed by atoms with Gasteiger partial charge in [-0.1, -0.05) is 400 Å². The third-order valence-corrected chi connectivity index (χ3v) is 31.0. The van der Waals surface area contributed by atoms with Crippen LogP contribution in [0.1, 0.15) is 33.4 Å². The Hall–Kier alpha value is -12.8.